The van der Waals surface area contributed by atoms with Crippen LogP contribution in [0.2, 0.25) is 5.15 Å². The van der Waals surface area contributed by atoms with Gasteiger partial charge in [0.1, 0.15) is 17.0 Å². The van der Waals surface area contributed by atoms with Gasteiger partial charge in [-0.05, 0) is 36.8 Å². The fraction of sp³-hybridized carbons (Fsp3) is 0.294. The van der Waals surface area contributed by atoms with Gasteiger partial charge in [-0.3, -0.25) is 0 Å². The van der Waals surface area contributed by atoms with Crippen molar-refractivity contribution >= 4 is 11.6 Å². The summed E-state index contributed by atoms with van der Waals surface area (Å²) < 4.78 is 14.2. The van der Waals surface area contributed by atoms with Crippen LogP contribution in [-0.4, -0.2) is 4.98 Å². The van der Waals surface area contributed by atoms with E-state index in [4.69, 9.17) is 11.6 Å². The van der Waals surface area contributed by atoms with Gasteiger partial charge in [-0.15, -0.1) is 0 Å². The van der Waals surface area contributed by atoms with Crippen LogP contribution in [0.3, 0.4) is 0 Å². The number of benzene rings is 1. The molecular weight excluding hydrogens is 287 g/mol. The van der Waals surface area contributed by atoms with Gasteiger partial charge in [0.05, 0.1) is 5.56 Å². The smallest absolute Gasteiger partial charge is 0.147 e. The summed E-state index contributed by atoms with van der Waals surface area (Å²) in [5.74, 6) is 0.161. The summed E-state index contributed by atoms with van der Waals surface area (Å²) in [5.41, 5.74) is 3.20. The minimum absolute atomic E-state index is 0.170. The molecule has 0 unspecified atom stereocenters. The number of aromatic nitrogens is 1. The van der Waals surface area contributed by atoms with Crippen LogP contribution in [0, 0.1) is 23.1 Å². The summed E-state index contributed by atoms with van der Waals surface area (Å²) >= 11 is 6.15. The molecule has 2 nitrogen and oxygen atoms in total. The molecule has 1 atom stereocenters. The number of pyridine rings is 1. The lowest BCUT2D eigenvalue weighted by atomic mass is 9.82. The maximum atomic E-state index is 14.2. The Morgan fingerprint density at radius 2 is 2.14 bits per heavy atom. The minimum atomic E-state index is -0.336. The van der Waals surface area contributed by atoms with E-state index in [-0.39, 0.29) is 16.5 Å². The first-order valence-electron chi connectivity index (χ1n) is 6.98. The van der Waals surface area contributed by atoms with Crippen LogP contribution < -0.4 is 0 Å². The van der Waals surface area contributed by atoms with Crippen LogP contribution >= 0.6 is 11.6 Å². The normalized spacial score (nSPS) is 17.1. The quantitative estimate of drug-likeness (QED) is 0.725. The van der Waals surface area contributed by atoms with E-state index in [0.29, 0.717) is 17.0 Å². The Morgan fingerprint density at radius 1 is 1.38 bits per heavy atom. The molecule has 0 fully saturated rings. The molecule has 0 aliphatic heterocycles. The Morgan fingerprint density at radius 3 is 2.86 bits per heavy atom. The number of hydrogen-bond acceptors (Lipinski definition) is 2. The standard InChI is InChI=1S/C17H14ClFN2/c1-10-6-7-15-12(8-10)16(13(9-20)17(18)21-15)11-4-2-3-5-14(11)19/h2-5,10H,6-8H2,1H3/t10-/m0/s1. The molecule has 1 aliphatic rings. The molecule has 2 aromatic rings. The van der Waals surface area contributed by atoms with E-state index in [1.165, 1.54) is 6.07 Å². The molecule has 0 N–H and O–H groups in total. The predicted octanol–water partition coefficient (Wildman–Crippen LogP) is 4.54. The zero-order valence-electron chi connectivity index (χ0n) is 11.7. The van der Waals surface area contributed by atoms with Crippen molar-refractivity contribution in [1.29, 1.82) is 5.26 Å². The first-order chi connectivity index (χ1) is 10.1. The number of aryl methyl sites for hydroxylation is 1. The lowest BCUT2D eigenvalue weighted by Gasteiger charge is -2.24. The first-order valence-corrected chi connectivity index (χ1v) is 7.36. The zero-order chi connectivity index (χ0) is 15.0. The largest absolute Gasteiger partial charge is 0.239 e. The lowest BCUT2D eigenvalue weighted by molar-refractivity contribution is 0.494. The van der Waals surface area contributed by atoms with Gasteiger partial charge in [-0.2, -0.15) is 5.26 Å². The Hall–Kier alpha value is -1.92. The van der Waals surface area contributed by atoms with Gasteiger partial charge in [0.25, 0.3) is 0 Å². The Labute approximate surface area is 128 Å². The van der Waals surface area contributed by atoms with Gasteiger partial charge < -0.3 is 0 Å². The molecule has 4 heteroatoms. The Balaban J connectivity index is 2.35. The summed E-state index contributed by atoms with van der Waals surface area (Å²) in [7, 11) is 0. The number of halogens is 2. The van der Waals surface area contributed by atoms with Crippen molar-refractivity contribution in [1.82, 2.24) is 4.98 Å². The number of nitrogens with zero attached hydrogens (tertiary/aromatic N) is 2. The summed E-state index contributed by atoms with van der Waals surface area (Å²) in [6.07, 6.45) is 2.67. The molecule has 0 radical (unpaired) electrons. The maximum absolute atomic E-state index is 14.2. The molecule has 0 saturated heterocycles. The maximum Gasteiger partial charge on any atom is 0.147 e. The second-order valence-corrected chi connectivity index (χ2v) is 5.88. The molecule has 0 amide bonds. The van der Waals surface area contributed by atoms with Gasteiger partial charge in [-0.1, -0.05) is 36.7 Å². The fourth-order valence-corrected chi connectivity index (χ4v) is 3.20. The molecule has 1 aromatic carbocycles. The van der Waals surface area contributed by atoms with E-state index in [2.05, 4.69) is 18.0 Å². The molecule has 0 bridgehead atoms. The third-order valence-corrected chi connectivity index (χ3v) is 4.29. The molecule has 1 aliphatic carbocycles. The predicted molar refractivity (Wildman–Crippen MR) is 80.5 cm³/mol. The van der Waals surface area contributed by atoms with Crippen LogP contribution in [-0.2, 0) is 12.8 Å². The van der Waals surface area contributed by atoms with Crippen LogP contribution in [0.5, 0.6) is 0 Å². The highest BCUT2D eigenvalue weighted by molar-refractivity contribution is 6.31. The van der Waals surface area contributed by atoms with Crippen LogP contribution in [0.15, 0.2) is 24.3 Å². The van der Waals surface area contributed by atoms with E-state index in [9.17, 15) is 9.65 Å². The molecule has 0 spiro atoms. The van der Waals surface area contributed by atoms with Crippen molar-refractivity contribution in [2.75, 3.05) is 0 Å². The van der Waals surface area contributed by atoms with Crippen molar-refractivity contribution in [3.8, 4) is 17.2 Å². The molecule has 1 aromatic heterocycles. The number of rotatable bonds is 1. The van der Waals surface area contributed by atoms with Gasteiger partial charge in [0.15, 0.2) is 0 Å². The highest BCUT2D eigenvalue weighted by atomic mass is 35.5. The second-order valence-electron chi connectivity index (χ2n) is 5.52. The SMILES string of the molecule is C[C@H]1CCc2nc(Cl)c(C#N)c(-c3ccccc3F)c2C1. The Kier molecular flexibility index (Phi) is 3.65. The highest BCUT2D eigenvalue weighted by Gasteiger charge is 2.26. The van der Waals surface area contributed by atoms with E-state index >= 15 is 0 Å². The third kappa shape index (κ3) is 2.41. The van der Waals surface area contributed by atoms with Crippen molar-refractivity contribution in [2.45, 2.75) is 26.2 Å². The lowest BCUT2D eigenvalue weighted by Crippen LogP contribution is -2.16. The second kappa shape index (κ2) is 5.46. The number of nitriles is 1. The average molecular weight is 301 g/mol. The Bertz CT molecular complexity index is 749. The molecule has 0 saturated carbocycles. The fourth-order valence-electron chi connectivity index (χ4n) is 2.96. The number of fused-ring (bicyclic) bond motifs is 1. The van der Waals surface area contributed by atoms with Gasteiger partial charge >= 0.3 is 0 Å². The van der Waals surface area contributed by atoms with Crippen LogP contribution in [0.4, 0.5) is 4.39 Å². The minimum Gasteiger partial charge on any atom is -0.239 e. The zero-order valence-corrected chi connectivity index (χ0v) is 12.4. The summed E-state index contributed by atoms with van der Waals surface area (Å²) in [6, 6.07) is 8.61. The molecule has 21 heavy (non-hydrogen) atoms. The van der Waals surface area contributed by atoms with Gasteiger partial charge in [0.2, 0.25) is 0 Å². The van der Waals surface area contributed by atoms with Crippen molar-refractivity contribution in [3.63, 3.8) is 0 Å². The molecule has 106 valence electrons. The van der Waals surface area contributed by atoms with Gasteiger partial charge in [0, 0.05) is 16.8 Å². The van der Waals surface area contributed by atoms with E-state index < -0.39 is 0 Å². The average Bonchev–Trinajstić information content (AvgIpc) is 2.47. The number of hydrogen-bond donors (Lipinski definition) is 0. The monoisotopic (exact) mass is 300 g/mol. The van der Waals surface area contributed by atoms with E-state index in [1.54, 1.807) is 18.2 Å². The van der Waals surface area contributed by atoms with Gasteiger partial charge in [-0.25, -0.2) is 9.37 Å². The summed E-state index contributed by atoms with van der Waals surface area (Å²) in [5, 5.41) is 9.59. The summed E-state index contributed by atoms with van der Waals surface area (Å²) in [6.45, 7) is 2.16. The van der Waals surface area contributed by atoms with Crippen molar-refractivity contribution in [3.05, 3.63) is 52.1 Å². The third-order valence-electron chi connectivity index (χ3n) is 4.02. The van der Waals surface area contributed by atoms with Crippen LogP contribution in [0.25, 0.3) is 11.1 Å². The van der Waals surface area contributed by atoms with Crippen LogP contribution in [0.1, 0.15) is 30.2 Å². The molecule has 3 rings (SSSR count). The van der Waals surface area contributed by atoms with Crippen molar-refractivity contribution in [2.24, 2.45) is 5.92 Å². The molecule has 1 heterocycles. The van der Waals surface area contributed by atoms with Crippen molar-refractivity contribution < 1.29 is 4.39 Å². The topological polar surface area (TPSA) is 36.7 Å². The first kappa shape index (κ1) is 14.0. The summed E-state index contributed by atoms with van der Waals surface area (Å²) in [4.78, 5) is 4.36. The van der Waals surface area contributed by atoms with E-state index in [1.807, 2.05) is 0 Å². The van der Waals surface area contributed by atoms with E-state index in [0.717, 1.165) is 30.5 Å². The molecular formula is C17H14ClFN2. The highest BCUT2D eigenvalue weighted by Crippen LogP contribution is 2.38.